The molecule has 0 heterocycles. The molecule has 1 aliphatic rings. The molecule has 13 heavy (non-hydrogen) atoms. The fourth-order valence-corrected chi connectivity index (χ4v) is 1.09. The zero-order valence-corrected chi connectivity index (χ0v) is 7.89. The molecule has 0 saturated heterocycles. The Balaban J connectivity index is 2.51. The van der Waals surface area contributed by atoms with Crippen LogP contribution in [0.15, 0.2) is 60.8 Å². The first-order valence-corrected chi connectivity index (χ1v) is 4.82. The van der Waals surface area contributed by atoms with Crippen molar-refractivity contribution in [3.8, 4) is 0 Å². The molecule has 0 fully saturated rings. The van der Waals surface area contributed by atoms with Gasteiger partial charge in [-0.05, 0) is 19.3 Å². The van der Waals surface area contributed by atoms with Gasteiger partial charge in [0, 0.05) is 0 Å². The van der Waals surface area contributed by atoms with Crippen LogP contribution in [0.1, 0.15) is 19.3 Å². The lowest BCUT2D eigenvalue weighted by molar-refractivity contribution is 0.868. The molecule has 1 aliphatic carbocycles. The van der Waals surface area contributed by atoms with Gasteiger partial charge in [0.25, 0.3) is 0 Å². The molecule has 0 N–H and O–H groups in total. The van der Waals surface area contributed by atoms with E-state index in [-0.39, 0.29) is 0 Å². The van der Waals surface area contributed by atoms with E-state index in [2.05, 4.69) is 36.5 Å². The highest BCUT2D eigenvalue weighted by Crippen LogP contribution is 1.99. The van der Waals surface area contributed by atoms with Gasteiger partial charge in [-0.15, -0.1) is 0 Å². The minimum Gasteiger partial charge on any atom is -0.0845 e. The van der Waals surface area contributed by atoms with E-state index < -0.39 is 0 Å². The Kier molecular flexibility index (Phi) is 5.54. The number of rotatable bonds is 0. The molecule has 0 radical (unpaired) electrons. The molecule has 0 amide bonds. The SMILES string of the molecule is C1=CCCC\C=C/C=C/C=C/C=C\1. The third-order valence-electron chi connectivity index (χ3n) is 1.79. The maximum absolute atomic E-state index is 2.21. The zero-order valence-electron chi connectivity index (χ0n) is 7.89. The summed E-state index contributed by atoms with van der Waals surface area (Å²) < 4.78 is 0. The third kappa shape index (κ3) is 5.92. The first-order chi connectivity index (χ1) is 6.50. The summed E-state index contributed by atoms with van der Waals surface area (Å²) in [7, 11) is 0. The zero-order chi connectivity index (χ0) is 9.19. The summed E-state index contributed by atoms with van der Waals surface area (Å²) in [4.78, 5) is 0. The van der Waals surface area contributed by atoms with Gasteiger partial charge >= 0.3 is 0 Å². The van der Waals surface area contributed by atoms with Crippen molar-refractivity contribution in [3.05, 3.63) is 60.8 Å². The molecule has 0 aromatic carbocycles. The minimum atomic E-state index is 1.17. The normalized spacial score (nSPS) is 27.7. The van der Waals surface area contributed by atoms with Gasteiger partial charge in [0.2, 0.25) is 0 Å². The quantitative estimate of drug-likeness (QED) is 0.519. The fourth-order valence-electron chi connectivity index (χ4n) is 1.09. The molecular weight excluding hydrogens is 156 g/mol. The molecule has 1 rings (SSSR count). The second-order valence-electron chi connectivity index (χ2n) is 2.94. The molecular formula is C13H16. The third-order valence-corrected chi connectivity index (χ3v) is 1.79. The Bertz CT molecular complexity index is 223. The van der Waals surface area contributed by atoms with Crippen LogP contribution in [-0.4, -0.2) is 0 Å². The molecule has 0 unspecified atom stereocenters. The van der Waals surface area contributed by atoms with Crippen molar-refractivity contribution in [3.63, 3.8) is 0 Å². The van der Waals surface area contributed by atoms with Gasteiger partial charge in [-0.25, -0.2) is 0 Å². The van der Waals surface area contributed by atoms with E-state index in [0.717, 1.165) is 0 Å². The Hall–Kier alpha value is -1.30. The average molecular weight is 172 g/mol. The molecule has 0 atom stereocenters. The van der Waals surface area contributed by atoms with E-state index >= 15 is 0 Å². The first kappa shape index (κ1) is 9.79. The van der Waals surface area contributed by atoms with Crippen molar-refractivity contribution in [2.45, 2.75) is 19.3 Å². The molecule has 68 valence electrons. The van der Waals surface area contributed by atoms with E-state index in [0.29, 0.717) is 0 Å². The maximum atomic E-state index is 2.21. The molecule has 0 aliphatic heterocycles. The predicted octanol–water partition coefficient (Wildman–Crippen LogP) is 3.95. The Morgan fingerprint density at radius 2 is 0.846 bits per heavy atom. The van der Waals surface area contributed by atoms with Gasteiger partial charge in [-0.1, -0.05) is 60.8 Å². The smallest absolute Gasteiger partial charge is 0.0345 e. The summed E-state index contributed by atoms with van der Waals surface area (Å²) in [5.41, 5.74) is 0. The Labute approximate surface area is 80.7 Å². The summed E-state index contributed by atoms with van der Waals surface area (Å²) >= 11 is 0. The van der Waals surface area contributed by atoms with E-state index in [9.17, 15) is 0 Å². The van der Waals surface area contributed by atoms with Crippen molar-refractivity contribution in [2.75, 3.05) is 0 Å². The van der Waals surface area contributed by atoms with Crippen LogP contribution in [0.5, 0.6) is 0 Å². The van der Waals surface area contributed by atoms with Crippen molar-refractivity contribution < 1.29 is 0 Å². The lowest BCUT2D eigenvalue weighted by Crippen LogP contribution is -1.67. The molecule has 0 heteroatoms. The molecule has 0 aromatic rings. The van der Waals surface area contributed by atoms with Gasteiger partial charge in [-0.3, -0.25) is 0 Å². The Morgan fingerprint density at radius 1 is 0.462 bits per heavy atom. The number of hydrogen-bond acceptors (Lipinski definition) is 0. The van der Waals surface area contributed by atoms with Crippen LogP contribution in [0, 0.1) is 0 Å². The van der Waals surface area contributed by atoms with Crippen LogP contribution in [0.2, 0.25) is 0 Å². The van der Waals surface area contributed by atoms with Crippen molar-refractivity contribution >= 4 is 0 Å². The summed E-state index contributed by atoms with van der Waals surface area (Å²) in [6.07, 6.45) is 24.5. The topological polar surface area (TPSA) is 0 Å². The number of allylic oxidation sites excluding steroid dienone is 10. The van der Waals surface area contributed by atoms with Crippen LogP contribution < -0.4 is 0 Å². The summed E-state index contributed by atoms with van der Waals surface area (Å²) in [6, 6.07) is 0. The van der Waals surface area contributed by atoms with Crippen molar-refractivity contribution in [1.29, 1.82) is 0 Å². The molecule has 0 bridgehead atoms. The molecule has 0 saturated carbocycles. The summed E-state index contributed by atoms with van der Waals surface area (Å²) in [6.45, 7) is 0. The van der Waals surface area contributed by atoms with Crippen LogP contribution in [0.4, 0.5) is 0 Å². The lowest BCUT2D eigenvalue weighted by atomic mass is 10.2. The first-order valence-electron chi connectivity index (χ1n) is 4.82. The summed E-state index contributed by atoms with van der Waals surface area (Å²) in [5.74, 6) is 0. The standard InChI is InChI=1S/C13H16/c1-2-4-6-8-10-12-13-11-9-7-5-3-1/h1-10H,11-13H2/b2-1+,5-3-,6-4+,9-7?,10-8-. The molecule has 0 spiro atoms. The second-order valence-corrected chi connectivity index (χ2v) is 2.94. The lowest BCUT2D eigenvalue weighted by Gasteiger charge is -1.87. The van der Waals surface area contributed by atoms with E-state index in [4.69, 9.17) is 0 Å². The highest BCUT2D eigenvalue weighted by atomic mass is 13.8. The Morgan fingerprint density at radius 3 is 1.31 bits per heavy atom. The van der Waals surface area contributed by atoms with Crippen LogP contribution in [0.25, 0.3) is 0 Å². The molecule has 0 nitrogen and oxygen atoms in total. The van der Waals surface area contributed by atoms with Gasteiger partial charge in [0.1, 0.15) is 0 Å². The van der Waals surface area contributed by atoms with Crippen LogP contribution in [0.3, 0.4) is 0 Å². The minimum absolute atomic E-state index is 1.17. The largest absolute Gasteiger partial charge is 0.0845 e. The van der Waals surface area contributed by atoms with Gasteiger partial charge in [0.15, 0.2) is 0 Å². The molecule has 0 aromatic heterocycles. The highest BCUT2D eigenvalue weighted by molar-refractivity contribution is 5.18. The average Bonchev–Trinajstić information content (AvgIpc) is 2.18. The predicted molar refractivity (Wildman–Crippen MR) is 59.6 cm³/mol. The van der Waals surface area contributed by atoms with E-state index in [1.165, 1.54) is 19.3 Å². The number of hydrogen-bond donors (Lipinski definition) is 0. The van der Waals surface area contributed by atoms with Gasteiger partial charge < -0.3 is 0 Å². The van der Waals surface area contributed by atoms with Crippen LogP contribution >= 0.6 is 0 Å². The summed E-state index contributed by atoms with van der Waals surface area (Å²) in [5, 5.41) is 0. The van der Waals surface area contributed by atoms with E-state index in [1.54, 1.807) is 0 Å². The van der Waals surface area contributed by atoms with E-state index in [1.807, 2.05) is 24.3 Å². The van der Waals surface area contributed by atoms with Gasteiger partial charge in [-0.2, -0.15) is 0 Å². The van der Waals surface area contributed by atoms with Gasteiger partial charge in [0.05, 0.1) is 0 Å². The van der Waals surface area contributed by atoms with Crippen LogP contribution in [-0.2, 0) is 0 Å². The monoisotopic (exact) mass is 172 g/mol. The van der Waals surface area contributed by atoms with Crippen molar-refractivity contribution in [2.24, 2.45) is 0 Å². The second kappa shape index (κ2) is 7.35. The van der Waals surface area contributed by atoms with Crippen molar-refractivity contribution in [1.82, 2.24) is 0 Å². The highest BCUT2D eigenvalue weighted by Gasteiger charge is 1.78. The maximum Gasteiger partial charge on any atom is -0.0345 e. The fraction of sp³-hybridized carbons (Fsp3) is 0.231.